The minimum absolute atomic E-state index is 0.0246. The summed E-state index contributed by atoms with van der Waals surface area (Å²) in [5.41, 5.74) is 0. The Bertz CT molecular complexity index is 533. The fraction of sp³-hybridized carbons (Fsp3) is 0.214. The number of rotatable bonds is 6. The average molecular weight is 262 g/mol. The second-order valence-corrected chi connectivity index (χ2v) is 3.87. The highest BCUT2D eigenvalue weighted by atomic mass is 16.5. The van der Waals surface area contributed by atoms with Crippen LogP contribution in [-0.4, -0.2) is 24.8 Å². The Balaban J connectivity index is 2.09. The maximum absolute atomic E-state index is 11.2. The zero-order chi connectivity index (χ0) is 13.7. The SMILES string of the molecule is COc1ccccc1OCC(C(=O)O)c1ccco1. The Labute approximate surface area is 110 Å². The molecule has 100 valence electrons. The normalized spacial score (nSPS) is 11.8. The van der Waals surface area contributed by atoms with Crippen LogP contribution in [0.1, 0.15) is 11.7 Å². The summed E-state index contributed by atoms with van der Waals surface area (Å²) < 4.78 is 15.8. The van der Waals surface area contributed by atoms with Crippen molar-refractivity contribution in [3.05, 3.63) is 48.4 Å². The van der Waals surface area contributed by atoms with Crippen LogP contribution in [0, 0.1) is 0 Å². The zero-order valence-electron chi connectivity index (χ0n) is 10.4. The molecule has 1 heterocycles. The molecule has 0 saturated heterocycles. The molecule has 0 bridgehead atoms. The molecule has 0 saturated carbocycles. The van der Waals surface area contributed by atoms with Crippen LogP contribution in [0.15, 0.2) is 47.1 Å². The first kappa shape index (κ1) is 13.0. The topological polar surface area (TPSA) is 68.9 Å². The Morgan fingerprint density at radius 1 is 1.26 bits per heavy atom. The van der Waals surface area contributed by atoms with Crippen LogP contribution in [0.2, 0.25) is 0 Å². The molecule has 1 N–H and O–H groups in total. The van der Waals surface area contributed by atoms with Gasteiger partial charge < -0.3 is 19.0 Å². The molecule has 2 rings (SSSR count). The summed E-state index contributed by atoms with van der Waals surface area (Å²) in [6.07, 6.45) is 1.44. The number of methoxy groups -OCH3 is 1. The Morgan fingerprint density at radius 2 is 2.00 bits per heavy atom. The van der Waals surface area contributed by atoms with Gasteiger partial charge in [-0.25, -0.2) is 0 Å². The quantitative estimate of drug-likeness (QED) is 0.866. The van der Waals surface area contributed by atoms with Crippen LogP contribution in [0.25, 0.3) is 0 Å². The Kier molecular flexibility index (Phi) is 4.07. The summed E-state index contributed by atoms with van der Waals surface area (Å²) >= 11 is 0. The smallest absolute Gasteiger partial charge is 0.317 e. The molecule has 1 atom stereocenters. The van der Waals surface area contributed by atoms with E-state index >= 15 is 0 Å². The highest BCUT2D eigenvalue weighted by molar-refractivity contribution is 5.75. The molecule has 0 aliphatic rings. The van der Waals surface area contributed by atoms with Gasteiger partial charge in [-0.1, -0.05) is 12.1 Å². The van der Waals surface area contributed by atoms with E-state index in [1.165, 1.54) is 13.4 Å². The lowest BCUT2D eigenvalue weighted by Gasteiger charge is -2.13. The highest BCUT2D eigenvalue weighted by Gasteiger charge is 2.24. The van der Waals surface area contributed by atoms with E-state index in [4.69, 9.17) is 13.9 Å². The van der Waals surface area contributed by atoms with E-state index < -0.39 is 11.9 Å². The fourth-order valence-electron chi connectivity index (χ4n) is 1.68. The van der Waals surface area contributed by atoms with Crippen molar-refractivity contribution in [1.82, 2.24) is 0 Å². The van der Waals surface area contributed by atoms with Gasteiger partial charge in [0.05, 0.1) is 13.4 Å². The molecule has 0 radical (unpaired) electrons. The molecule has 5 heteroatoms. The number of para-hydroxylation sites is 2. The maximum atomic E-state index is 11.2. The number of ether oxygens (including phenoxy) is 2. The highest BCUT2D eigenvalue weighted by Crippen LogP contribution is 2.27. The number of aliphatic carboxylic acids is 1. The van der Waals surface area contributed by atoms with E-state index in [1.807, 2.05) is 6.07 Å². The zero-order valence-corrected chi connectivity index (χ0v) is 10.4. The van der Waals surface area contributed by atoms with Crippen LogP contribution >= 0.6 is 0 Å². The third-order valence-corrected chi connectivity index (χ3v) is 2.66. The van der Waals surface area contributed by atoms with E-state index in [0.717, 1.165) is 0 Å². The van der Waals surface area contributed by atoms with Crippen LogP contribution in [0.4, 0.5) is 0 Å². The van der Waals surface area contributed by atoms with Gasteiger partial charge in [-0.2, -0.15) is 0 Å². The van der Waals surface area contributed by atoms with Gasteiger partial charge >= 0.3 is 5.97 Å². The van der Waals surface area contributed by atoms with Gasteiger partial charge in [0.15, 0.2) is 11.5 Å². The fourth-order valence-corrected chi connectivity index (χ4v) is 1.68. The van der Waals surface area contributed by atoms with Crippen molar-refractivity contribution in [1.29, 1.82) is 0 Å². The number of hydrogen-bond acceptors (Lipinski definition) is 4. The molecule has 0 aliphatic heterocycles. The first-order valence-corrected chi connectivity index (χ1v) is 5.74. The molecule has 19 heavy (non-hydrogen) atoms. The van der Waals surface area contributed by atoms with Gasteiger partial charge in [0.2, 0.25) is 0 Å². The van der Waals surface area contributed by atoms with E-state index in [9.17, 15) is 9.90 Å². The summed E-state index contributed by atoms with van der Waals surface area (Å²) in [6, 6.07) is 10.3. The van der Waals surface area contributed by atoms with Crippen LogP contribution < -0.4 is 9.47 Å². The van der Waals surface area contributed by atoms with Gasteiger partial charge in [0.1, 0.15) is 18.3 Å². The predicted molar refractivity (Wildman–Crippen MR) is 67.6 cm³/mol. The lowest BCUT2D eigenvalue weighted by atomic mass is 10.1. The number of carboxylic acid groups (broad SMARTS) is 1. The van der Waals surface area contributed by atoms with Gasteiger partial charge in [0, 0.05) is 0 Å². The lowest BCUT2D eigenvalue weighted by molar-refractivity contribution is -0.140. The van der Waals surface area contributed by atoms with Crippen molar-refractivity contribution in [3.63, 3.8) is 0 Å². The third kappa shape index (κ3) is 3.07. The van der Waals surface area contributed by atoms with Crippen molar-refractivity contribution in [2.45, 2.75) is 5.92 Å². The molecule has 5 nitrogen and oxygen atoms in total. The standard InChI is InChI=1S/C14H14O5/c1-17-12-5-2-3-6-13(12)19-9-10(14(15)16)11-7-4-8-18-11/h2-8,10H,9H2,1H3,(H,15,16). The number of furan rings is 1. The second-order valence-electron chi connectivity index (χ2n) is 3.87. The van der Waals surface area contributed by atoms with Crippen molar-refractivity contribution in [2.24, 2.45) is 0 Å². The molecule has 0 aliphatic carbocycles. The first-order chi connectivity index (χ1) is 9.22. The summed E-state index contributed by atoms with van der Waals surface area (Å²) in [5.74, 6) is -0.416. The van der Waals surface area contributed by atoms with Crippen LogP contribution in [0.5, 0.6) is 11.5 Å². The first-order valence-electron chi connectivity index (χ1n) is 5.74. The van der Waals surface area contributed by atoms with Crippen molar-refractivity contribution >= 4 is 5.97 Å². The monoisotopic (exact) mass is 262 g/mol. The van der Waals surface area contributed by atoms with Crippen LogP contribution in [-0.2, 0) is 4.79 Å². The van der Waals surface area contributed by atoms with Crippen LogP contribution in [0.3, 0.4) is 0 Å². The Morgan fingerprint density at radius 3 is 2.58 bits per heavy atom. The van der Waals surface area contributed by atoms with Gasteiger partial charge in [-0.05, 0) is 24.3 Å². The number of carbonyl (C=O) groups is 1. The molecule has 0 amide bonds. The molecule has 1 unspecified atom stereocenters. The summed E-state index contributed by atoms with van der Waals surface area (Å²) in [6.45, 7) is -0.0246. The van der Waals surface area contributed by atoms with Crippen molar-refractivity contribution < 1.29 is 23.8 Å². The average Bonchev–Trinajstić information content (AvgIpc) is 2.93. The van der Waals surface area contributed by atoms with E-state index in [0.29, 0.717) is 17.3 Å². The minimum atomic E-state index is -0.996. The molecule has 1 aromatic heterocycles. The molecule has 2 aromatic rings. The van der Waals surface area contributed by atoms with Gasteiger partial charge in [0.25, 0.3) is 0 Å². The van der Waals surface area contributed by atoms with E-state index in [1.54, 1.807) is 30.3 Å². The molecule has 0 spiro atoms. The molecule has 1 aromatic carbocycles. The van der Waals surface area contributed by atoms with Gasteiger partial charge in [-0.15, -0.1) is 0 Å². The molecular weight excluding hydrogens is 248 g/mol. The molecular formula is C14H14O5. The third-order valence-electron chi connectivity index (χ3n) is 2.66. The van der Waals surface area contributed by atoms with Crippen molar-refractivity contribution in [3.8, 4) is 11.5 Å². The van der Waals surface area contributed by atoms with Gasteiger partial charge in [-0.3, -0.25) is 4.79 Å². The van der Waals surface area contributed by atoms with Crippen molar-refractivity contribution in [2.75, 3.05) is 13.7 Å². The molecule has 0 fully saturated rings. The van der Waals surface area contributed by atoms with E-state index in [-0.39, 0.29) is 6.61 Å². The van der Waals surface area contributed by atoms with E-state index in [2.05, 4.69) is 0 Å². The predicted octanol–water partition coefficient (Wildman–Crippen LogP) is 2.54. The summed E-state index contributed by atoms with van der Waals surface area (Å²) in [5, 5.41) is 9.18. The largest absolute Gasteiger partial charge is 0.493 e. The lowest BCUT2D eigenvalue weighted by Crippen LogP contribution is -2.19. The number of carboxylic acids is 1. The maximum Gasteiger partial charge on any atom is 0.317 e. The minimum Gasteiger partial charge on any atom is -0.493 e. The summed E-state index contributed by atoms with van der Waals surface area (Å²) in [7, 11) is 1.53. The summed E-state index contributed by atoms with van der Waals surface area (Å²) in [4.78, 5) is 11.2. The number of benzene rings is 1. The second kappa shape index (κ2) is 5.95. The number of hydrogen-bond donors (Lipinski definition) is 1. The Hall–Kier alpha value is -2.43.